The normalized spacial score (nSPS) is 24.1. The first kappa shape index (κ1) is 35.9. The van der Waals surface area contributed by atoms with Gasteiger partial charge in [-0.1, -0.05) is 30.3 Å². The van der Waals surface area contributed by atoms with E-state index in [1.807, 2.05) is 0 Å². The third-order valence-electron chi connectivity index (χ3n) is 9.06. The Kier molecular flexibility index (Phi) is 10.1. The standard InChI is InChI=1S/C33H30F9NO4S/c34-22-10-14-25(15-11-22)48(46)30(16-23(17-30)43-29(45)19-4-12-24(44)13-5-19)20-6-8-21(9-7-20)31(32(37,38)39,33(40,41)42)47-18-26-27(35)2-1-3-28(26)36/h1-3,6-11,14-15,19,23-24,44H,4-5,12-13,16-18H2,(H,43,45). The molecule has 2 aliphatic carbocycles. The molecule has 2 fully saturated rings. The summed E-state index contributed by atoms with van der Waals surface area (Å²) in [7, 11) is -2.01. The molecule has 3 aromatic carbocycles. The number of hydrogen-bond acceptors (Lipinski definition) is 4. The smallest absolute Gasteiger partial charge is 0.393 e. The number of nitrogens with one attached hydrogen (secondary N) is 1. The summed E-state index contributed by atoms with van der Waals surface area (Å²) >= 11 is 0. The molecule has 5 nitrogen and oxygen atoms in total. The Morgan fingerprint density at radius 1 is 0.833 bits per heavy atom. The predicted molar refractivity (Wildman–Crippen MR) is 155 cm³/mol. The first-order valence-electron chi connectivity index (χ1n) is 15.0. The van der Waals surface area contributed by atoms with Crippen molar-refractivity contribution in [1.82, 2.24) is 5.32 Å². The van der Waals surface area contributed by atoms with E-state index < -0.39 is 80.8 Å². The third-order valence-corrected chi connectivity index (χ3v) is 11.0. The lowest BCUT2D eigenvalue weighted by molar-refractivity contribution is -0.392. The van der Waals surface area contributed by atoms with E-state index in [2.05, 4.69) is 10.1 Å². The van der Waals surface area contributed by atoms with Gasteiger partial charge in [-0.05, 0) is 80.5 Å². The third kappa shape index (κ3) is 6.73. The molecule has 1 atom stereocenters. The number of ether oxygens (including phenoxy) is 1. The summed E-state index contributed by atoms with van der Waals surface area (Å²) in [6.07, 6.45) is -11.0. The minimum absolute atomic E-state index is 0.00976. The lowest BCUT2D eigenvalue weighted by Gasteiger charge is -2.48. The van der Waals surface area contributed by atoms with E-state index >= 15 is 0 Å². The van der Waals surface area contributed by atoms with Crippen molar-refractivity contribution in [3.05, 3.63) is 101 Å². The van der Waals surface area contributed by atoms with Gasteiger partial charge in [0.15, 0.2) is 0 Å². The molecule has 2 saturated carbocycles. The lowest BCUT2D eigenvalue weighted by Crippen LogP contribution is -2.57. The summed E-state index contributed by atoms with van der Waals surface area (Å²) in [6, 6.07) is 9.16. The van der Waals surface area contributed by atoms with Gasteiger partial charge in [-0.3, -0.25) is 9.00 Å². The quantitative estimate of drug-likeness (QED) is 0.227. The number of halogens is 9. The van der Waals surface area contributed by atoms with Gasteiger partial charge < -0.3 is 15.2 Å². The SMILES string of the molecule is O=C(NC1CC(c2ccc(C(OCc3c(F)cccc3F)(C(F)(F)F)C(F)(F)F)cc2)(S(=O)c2ccc(F)cc2)C1)C1CCC(O)CC1. The zero-order valence-electron chi connectivity index (χ0n) is 25.0. The summed E-state index contributed by atoms with van der Waals surface area (Å²) in [6.45, 7) is -1.71. The van der Waals surface area contributed by atoms with Crippen molar-refractivity contribution in [3.8, 4) is 0 Å². The summed E-state index contributed by atoms with van der Waals surface area (Å²) in [5, 5.41) is 12.6. The van der Waals surface area contributed by atoms with Crippen LogP contribution >= 0.6 is 0 Å². The minimum atomic E-state index is -6.15. The Morgan fingerprint density at radius 2 is 1.38 bits per heavy atom. The van der Waals surface area contributed by atoms with Gasteiger partial charge in [0.05, 0.1) is 28.3 Å². The first-order chi connectivity index (χ1) is 22.5. The van der Waals surface area contributed by atoms with Crippen LogP contribution in [0.3, 0.4) is 0 Å². The Bertz CT molecular complexity index is 1600. The number of rotatable bonds is 9. The molecule has 1 amide bonds. The number of benzene rings is 3. The number of aliphatic hydroxyl groups excluding tert-OH is 1. The summed E-state index contributed by atoms with van der Waals surface area (Å²) in [4.78, 5) is 13.0. The van der Waals surface area contributed by atoms with Gasteiger partial charge in [0.1, 0.15) is 17.5 Å². The molecule has 0 radical (unpaired) electrons. The van der Waals surface area contributed by atoms with Crippen molar-refractivity contribution in [2.24, 2.45) is 5.92 Å². The summed E-state index contributed by atoms with van der Waals surface area (Å²) < 4.78 is 146. The van der Waals surface area contributed by atoms with Gasteiger partial charge in [0, 0.05) is 28.0 Å². The van der Waals surface area contributed by atoms with E-state index in [1.165, 1.54) is 12.1 Å². The van der Waals surface area contributed by atoms with Gasteiger partial charge in [0.25, 0.3) is 5.60 Å². The highest BCUT2D eigenvalue weighted by molar-refractivity contribution is 7.86. The summed E-state index contributed by atoms with van der Waals surface area (Å²) in [5.74, 6) is -4.08. The maximum Gasteiger partial charge on any atom is 0.430 e. The van der Waals surface area contributed by atoms with Crippen LogP contribution < -0.4 is 5.32 Å². The highest BCUT2D eigenvalue weighted by atomic mass is 32.2. The molecular weight excluding hydrogens is 677 g/mol. The van der Waals surface area contributed by atoms with Crippen LogP contribution in [0.2, 0.25) is 0 Å². The second-order valence-electron chi connectivity index (χ2n) is 12.1. The van der Waals surface area contributed by atoms with E-state index in [0.717, 1.165) is 30.3 Å². The molecule has 1 unspecified atom stereocenters. The lowest BCUT2D eigenvalue weighted by atomic mass is 9.73. The monoisotopic (exact) mass is 707 g/mol. The van der Waals surface area contributed by atoms with E-state index in [-0.39, 0.29) is 35.1 Å². The fourth-order valence-electron chi connectivity index (χ4n) is 6.37. The van der Waals surface area contributed by atoms with Crippen molar-refractivity contribution >= 4 is 16.7 Å². The fourth-order valence-corrected chi connectivity index (χ4v) is 8.26. The van der Waals surface area contributed by atoms with Crippen molar-refractivity contribution in [1.29, 1.82) is 0 Å². The molecule has 0 saturated heterocycles. The van der Waals surface area contributed by atoms with Crippen LogP contribution in [0.25, 0.3) is 0 Å². The Hall–Kier alpha value is -3.43. The molecule has 0 heterocycles. The highest BCUT2D eigenvalue weighted by Crippen LogP contribution is 2.55. The van der Waals surface area contributed by atoms with E-state index in [4.69, 9.17) is 0 Å². The van der Waals surface area contributed by atoms with Crippen LogP contribution in [-0.2, 0) is 37.3 Å². The molecule has 48 heavy (non-hydrogen) atoms. The number of amides is 1. The number of alkyl halides is 6. The fraction of sp³-hybridized carbons (Fsp3) is 0.424. The van der Waals surface area contributed by atoms with Crippen LogP contribution in [-0.4, -0.2) is 39.7 Å². The van der Waals surface area contributed by atoms with Gasteiger partial charge in [-0.2, -0.15) is 26.3 Å². The first-order valence-corrected chi connectivity index (χ1v) is 16.1. The van der Waals surface area contributed by atoms with Crippen LogP contribution in [0.4, 0.5) is 39.5 Å². The zero-order valence-corrected chi connectivity index (χ0v) is 25.8. The number of hydrogen-bond donors (Lipinski definition) is 2. The molecule has 0 spiro atoms. The van der Waals surface area contributed by atoms with E-state index in [0.29, 0.717) is 49.9 Å². The molecule has 0 aromatic heterocycles. The molecule has 15 heteroatoms. The Morgan fingerprint density at radius 3 is 1.90 bits per heavy atom. The van der Waals surface area contributed by atoms with Gasteiger partial charge in [-0.25, -0.2) is 13.2 Å². The second-order valence-corrected chi connectivity index (χ2v) is 13.9. The van der Waals surface area contributed by atoms with Crippen molar-refractivity contribution < 1.29 is 58.4 Å². The second kappa shape index (κ2) is 13.5. The molecule has 260 valence electrons. The minimum Gasteiger partial charge on any atom is -0.393 e. The van der Waals surface area contributed by atoms with Crippen LogP contribution in [0.15, 0.2) is 71.6 Å². The molecule has 0 bridgehead atoms. The van der Waals surface area contributed by atoms with Crippen LogP contribution in [0.1, 0.15) is 55.2 Å². The van der Waals surface area contributed by atoms with Crippen molar-refractivity contribution in [2.75, 3.05) is 0 Å². The summed E-state index contributed by atoms with van der Waals surface area (Å²) in [5.41, 5.74) is -7.49. The molecule has 3 aromatic rings. The van der Waals surface area contributed by atoms with Gasteiger partial charge in [-0.15, -0.1) is 0 Å². The molecule has 2 N–H and O–H groups in total. The number of carbonyl (C=O) groups is 1. The maximum atomic E-state index is 14.4. The topological polar surface area (TPSA) is 75.6 Å². The van der Waals surface area contributed by atoms with Crippen molar-refractivity contribution in [3.63, 3.8) is 0 Å². The number of carbonyl (C=O) groups excluding carboxylic acids is 1. The van der Waals surface area contributed by atoms with Crippen molar-refractivity contribution in [2.45, 2.75) is 84.9 Å². The molecule has 5 rings (SSSR count). The highest BCUT2D eigenvalue weighted by Gasteiger charge is 2.73. The predicted octanol–water partition coefficient (Wildman–Crippen LogP) is 7.47. The van der Waals surface area contributed by atoms with E-state index in [1.54, 1.807) is 0 Å². The largest absolute Gasteiger partial charge is 0.430 e. The molecule has 2 aliphatic rings. The molecular formula is C33H30F9NO4S. The zero-order chi connectivity index (χ0) is 35.1. The average molecular weight is 708 g/mol. The maximum absolute atomic E-state index is 14.4. The number of aliphatic hydroxyl groups is 1. The Balaban J connectivity index is 1.48. The van der Waals surface area contributed by atoms with E-state index in [9.17, 15) is 53.6 Å². The molecule has 0 aliphatic heterocycles. The van der Waals surface area contributed by atoms with Crippen LogP contribution in [0, 0.1) is 23.4 Å². The van der Waals surface area contributed by atoms with Gasteiger partial charge in [0.2, 0.25) is 5.91 Å². The van der Waals surface area contributed by atoms with Crippen LogP contribution in [0.5, 0.6) is 0 Å². The average Bonchev–Trinajstić information content (AvgIpc) is 2.99. The van der Waals surface area contributed by atoms with Gasteiger partial charge >= 0.3 is 12.4 Å². The Labute approximate surface area is 271 Å².